The number of hydrogen-bond donors (Lipinski definition) is 2. The number of rotatable bonds is 6. The fourth-order valence-corrected chi connectivity index (χ4v) is 5.30. The summed E-state index contributed by atoms with van der Waals surface area (Å²) in [4.78, 5) is 24.6. The molecule has 8 nitrogen and oxygen atoms in total. The molecule has 1 aromatic carbocycles. The number of carboxylic acids is 1. The Kier molecular flexibility index (Phi) is 5.83. The number of amides is 1. The predicted molar refractivity (Wildman–Crippen MR) is 96.5 cm³/mol. The van der Waals surface area contributed by atoms with Crippen molar-refractivity contribution in [2.75, 3.05) is 26.3 Å². The molecule has 148 valence electrons. The summed E-state index contributed by atoms with van der Waals surface area (Å²) in [5.74, 6) is -1.41. The zero-order valence-corrected chi connectivity index (χ0v) is 15.8. The molecule has 0 radical (unpaired) electrons. The monoisotopic (exact) mass is 396 g/mol. The molecule has 0 spiro atoms. The van der Waals surface area contributed by atoms with E-state index in [0.29, 0.717) is 38.9 Å². The van der Waals surface area contributed by atoms with Crippen LogP contribution in [0.1, 0.15) is 25.7 Å². The van der Waals surface area contributed by atoms with Gasteiger partial charge < -0.3 is 15.2 Å². The molecule has 2 saturated heterocycles. The van der Waals surface area contributed by atoms with Crippen LogP contribution >= 0.6 is 0 Å². The molecule has 1 unspecified atom stereocenters. The second kappa shape index (κ2) is 7.95. The third-order valence-corrected chi connectivity index (χ3v) is 7.28. The number of hydrogen-bond acceptors (Lipinski definition) is 5. The van der Waals surface area contributed by atoms with Gasteiger partial charge in [0.2, 0.25) is 15.9 Å². The third-order valence-electron chi connectivity index (χ3n) is 5.36. The fourth-order valence-electron chi connectivity index (χ4n) is 3.62. The van der Waals surface area contributed by atoms with Gasteiger partial charge >= 0.3 is 5.97 Å². The number of aliphatic carboxylic acids is 1. The molecule has 2 N–H and O–H groups in total. The number of carbonyl (C=O) groups is 2. The first-order chi connectivity index (χ1) is 12.9. The lowest BCUT2D eigenvalue weighted by molar-refractivity contribution is -0.154. The minimum absolute atomic E-state index is 0.0275. The van der Waals surface area contributed by atoms with E-state index in [1.165, 1.54) is 16.4 Å². The number of benzene rings is 1. The van der Waals surface area contributed by atoms with Crippen molar-refractivity contribution in [2.45, 2.75) is 36.6 Å². The topological polar surface area (TPSA) is 113 Å². The van der Waals surface area contributed by atoms with E-state index >= 15 is 0 Å². The highest BCUT2D eigenvalue weighted by Crippen LogP contribution is 2.31. The first-order valence-corrected chi connectivity index (χ1v) is 10.5. The smallest absolute Gasteiger partial charge is 0.311 e. The van der Waals surface area contributed by atoms with Gasteiger partial charge in [-0.2, -0.15) is 4.31 Å². The number of carboxylic acid groups (broad SMARTS) is 1. The second-order valence-corrected chi connectivity index (χ2v) is 8.89. The maximum atomic E-state index is 12.9. The van der Waals surface area contributed by atoms with Crippen LogP contribution in [0.4, 0.5) is 0 Å². The lowest BCUT2D eigenvalue weighted by Crippen LogP contribution is -2.51. The van der Waals surface area contributed by atoms with E-state index in [2.05, 4.69) is 5.32 Å². The van der Waals surface area contributed by atoms with Gasteiger partial charge in [0, 0.05) is 26.3 Å². The van der Waals surface area contributed by atoms with Gasteiger partial charge in [0.1, 0.15) is 6.04 Å². The molecular weight excluding hydrogens is 372 g/mol. The first-order valence-electron chi connectivity index (χ1n) is 9.03. The Morgan fingerprint density at radius 1 is 1.22 bits per heavy atom. The summed E-state index contributed by atoms with van der Waals surface area (Å²) in [6, 6.07) is 7.20. The molecule has 2 fully saturated rings. The van der Waals surface area contributed by atoms with Gasteiger partial charge in [0.15, 0.2) is 0 Å². The second-order valence-electron chi connectivity index (χ2n) is 7.00. The number of carbonyl (C=O) groups excluding carboxylic acids is 1. The minimum Gasteiger partial charge on any atom is -0.481 e. The van der Waals surface area contributed by atoms with Gasteiger partial charge in [0.25, 0.3) is 0 Å². The fraction of sp³-hybridized carbons (Fsp3) is 0.556. The van der Waals surface area contributed by atoms with Crippen molar-refractivity contribution in [3.05, 3.63) is 30.3 Å². The third kappa shape index (κ3) is 3.99. The van der Waals surface area contributed by atoms with Crippen molar-refractivity contribution in [1.82, 2.24) is 9.62 Å². The lowest BCUT2D eigenvalue weighted by atomic mass is 9.80. The van der Waals surface area contributed by atoms with Crippen LogP contribution in [0.2, 0.25) is 0 Å². The Bertz CT molecular complexity index is 789. The molecule has 2 aliphatic heterocycles. The van der Waals surface area contributed by atoms with Crippen molar-refractivity contribution < 1.29 is 27.9 Å². The number of nitrogens with one attached hydrogen (secondary N) is 1. The Labute approximate surface area is 158 Å². The summed E-state index contributed by atoms with van der Waals surface area (Å²) in [6.07, 6.45) is 1.64. The summed E-state index contributed by atoms with van der Waals surface area (Å²) in [6.45, 7) is 0.910. The van der Waals surface area contributed by atoms with Gasteiger partial charge in [-0.3, -0.25) is 9.59 Å². The van der Waals surface area contributed by atoms with Gasteiger partial charge in [-0.15, -0.1) is 0 Å². The molecule has 0 aromatic heterocycles. The van der Waals surface area contributed by atoms with Crippen molar-refractivity contribution in [3.63, 3.8) is 0 Å². The summed E-state index contributed by atoms with van der Waals surface area (Å²) in [7, 11) is -3.77. The van der Waals surface area contributed by atoms with Crippen LogP contribution in [0.15, 0.2) is 35.2 Å². The maximum absolute atomic E-state index is 12.9. The summed E-state index contributed by atoms with van der Waals surface area (Å²) >= 11 is 0. The highest BCUT2D eigenvalue weighted by atomic mass is 32.2. The van der Waals surface area contributed by atoms with E-state index in [4.69, 9.17) is 4.74 Å². The highest BCUT2D eigenvalue weighted by Gasteiger charge is 2.43. The van der Waals surface area contributed by atoms with E-state index in [0.717, 1.165) is 0 Å². The molecule has 1 amide bonds. The normalized spacial score (nSPS) is 23.0. The molecule has 3 rings (SSSR count). The molecule has 27 heavy (non-hydrogen) atoms. The van der Waals surface area contributed by atoms with Crippen LogP contribution in [0.3, 0.4) is 0 Å². The summed E-state index contributed by atoms with van der Waals surface area (Å²) < 4.78 is 32.2. The van der Waals surface area contributed by atoms with Crippen molar-refractivity contribution in [1.29, 1.82) is 0 Å². The van der Waals surface area contributed by atoms with Gasteiger partial charge in [-0.1, -0.05) is 18.2 Å². The standard InChI is InChI=1S/C18H24N2O6S/c21-16(19-13-18(17(22)23)8-11-26-12-9-18)15-7-4-10-20(15)27(24,25)14-5-2-1-3-6-14/h1-3,5-6,15H,4,7-13H2,(H,19,21)(H,22,23). The molecule has 2 aliphatic rings. The van der Waals surface area contributed by atoms with Crippen molar-refractivity contribution >= 4 is 21.9 Å². The Morgan fingerprint density at radius 3 is 2.52 bits per heavy atom. The molecule has 0 saturated carbocycles. The van der Waals surface area contributed by atoms with Crippen LogP contribution in [-0.2, 0) is 24.3 Å². The molecule has 0 bridgehead atoms. The summed E-state index contributed by atoms with van der Waals surface area (Å²) in [5.41, 5.74) is -1.06. The number of ether oxygens (including phenoxy) is 1. The summed E-state index contributed by atoms with van der Waals surface area (Å²) in [5, 5.41) is 12.3. The van der Waals surface area contributed by atoms with Crippen LogP contribution in [0.5, 0.6) is 0 Å². The Balaban J connectivity index is 1.71. The van der Waals surface area contributed by atoms with Gasteiger partial charge in [0.05, 0.1) is 10.3 Å². The van der Waals surface area contributed by atoms with Crippen molar-refractivity contribution in [2.24, 2.45) is 5.41 Å². The molecule has 1 aromatic rings. The van der Waals surface area contributed by atoms with E-state index < -0.39 is 33.4 Å². The van der Waals surface area contributed by atoms with Crippen LogP contribution in [0, 0.1) is 5.41 Å². The average molecular weight is 396 g/mol. The zero-order valence-electron chi connectivity index (χ0n) is 15.0. The molecular formula is C18H24N2O6S. The molecule has 9 heteroatoms. The van der Waals surface area contributed by atoms with Gasteiger partial charge in [-0.05, 0) is 37.8 Å². The Hall–Kier alpha value is -1.97. The van der Waals surface area contributed by atoms with Crippen LogP contribution in [0.25, 0.3) is 0 Å². The van der Waals surface area contributed by atoms with E-state index in [9.17, 15) is 23.1 Å². The van der Waals surface area contributed by atoms with E-state index in [-0.39, 0.29) is 18.0 Å². The first kappa shape index (κ1) is 19.8. The number of sulfonamides is 1. The number of nitrogens with zero attached hydrogens (tertiary/aromatic N) is 1. The largest absolute Gasteiger partial charge is 0.481 e. The van der Waals surface area contributed by atoms with Crippen LogP contribution < -0.4 is 5.32 Å². The van der Waals surface area contributed by atoms with Crippen molar-refractivity contribution in [3.8, 4) is 0 Å². The average Bonchev–Trinajstić information content (AvgIpc) is 3.18. The van der Waals surface area contributed by atoms with E-state index in [1.807, 2.05) is 0 Å². The Morgan fingerprint density at radius 2 is 1.89 bits per heavy atom. The van der Waals surface area contributed by atoms with Gasteiger partial charge in [-0.25, -0.2) is 8.42 Å². The highest BCUT2D eigenvalue weighted by molar-refractivity contribution is 7.89. The molecule has 2 heterocycles. The lowest BCUT2D eigenvalue weighted by Gasteiger charge is -2.33. The predicted octanol–water partition coefficient (Wildman–Crippen LogP) is 0.837. The molecule has 0 aliphatic carbocycles. The van der Waals surface area contributed by atoms with Crippen LogP contribution in [-0.4, -0.2) is 62.1 Å². The quantitative estimate of drug-likeness (QED) is 0.737. The SMILES string of the molecule is O=C(NCC1(C(=O)O)CCOCC1)C1CCCN1S(=O)(=O)c1ccccc1. The molecule has 1 atom stereocenters. The minimum atomic E-state index is -3.77. The van der Waals surface area contributed by atoms with E-state index in [1.54, 1.807) is 18.2 Å². The maximum Gasteiger partial charge on any atom is 0.311 e. The zero-order chi connectivity index (χ0) is 19.5.